The van der Waals surface area contributed by atoms with Crippen LogP contribution in [0.1, 0.15) is 52.1 Å². The van der Waals surface area contributed by atoms with Crippen molar-refractivity contribution >= 4 is 39.6 Å². The van der Waals surface area contributed by atoms with Crippen LogP contribution in [-0.4, -0.2) is 26.5 Å². The van der Waals surface area contributed by atoms with E-state index in [2.05, 4.69) is 16.8 Å². The van der Waals surface area contributed by atoms with E-state index in [-0.39, 0.29) is 17.2 Å². The summed E-state index contributed by atoms with van der Waals surface area (Å²) in [4.78, 5) is 30.0. The molecule has 0 aliphatic rings. The number of aromatic carboxylic acids is 1. The van der Waals surface area contributed by atoms with Gasteiger partial charge in [-0.1, -0.05) is 61.9 Å². The van der Waals surface area contributed by atoms with Gasteiger partial charge in [-0.2, -0.15) is 0 Å². The smallest absolute Gasteiger partial charge is 0.336 e. The number of para-hydroxylation sites is 1. The van der Waals surface area contributed by atoms with Gasteiger partial charge in [0.05, 0.1) is 22.3 Å². The average molecular weight is 544 g/mol. The highest BCUT2D eigenvalue weighted by Gasteiger charge is 2.19. The predicted molar refractivity (Wildman–Crippen MR) is 161 cm³/mol. The number of fused-ring (bicyclic) bond motifs is 2. The molecule has 7 heteroatoms. The van der Waals surface area contributed by atoms with Crippen LogP contribution < -0.4 is 5.32 Å². The lowest BCUT2D eigenvalue weighted by molar-refractivity contribution is 0.0697. The van der Waals surface area contributed by atoms with E-state index in [9.17, 15) is 14.7 Å². The Morgan fingerprint density at radius 2 is 1.71 bits per heavy atom. The molecule has 41 heavy (non-hydrogen) atoms. The first-order valence-corrected chi connectivity index (χ1v) is 13.7. The number of aryl methyl sites for hydroxylation is 1. The van der Waals surface area contributed by atoms with E-state index in [1.165, 1.54) is 0 Å². The highest BCUT2D eigenvalue weighted by molar-refractivity contribution is 6.05. The van der Waals surface area contributed by atoms with Crippen molar-refractivity contribution < 1.29 is 19.1 Å². The fourth-order valence-corrected chi connectivity index (χ4v) is 5.32. The Kier molecular flexibility index (Phi) is 6.85. The van der Waals surface area contributed by atoms with E-state index in [0.29, 0.717) is 16.8 Å². The minimum absolute atomic E-state index is 0.240. The first-order chi connectivity index (χ1) is 19.9. The normalized spacial score (nSPS) is 11.3. The molecule has 2 aromatic heterocycles. The van der Waals surface area contributed by atoms with E-state index in [4.69, 9.17) is 9.40 Å². The summed E-state index contributed by atoms with van der Waals surface area (Å²) in [5.41, 5.74) is 6.56. The molecule has 6 aromatic rings. The maximum Gasteiger partial charge on any atom is 0.336 e. The average Bonchev–Trinajstić information content (AvgIpc) is 3.58. The van der Waals surface area contributed by atoms with E-state index in [1.54, 1.807) is 18.2 Å². The number of carbonyl (C=O) groups excluding carboxylic acids is 1. The van der Waals surface area contributed by atoms with Crippen LogP contribution in [0, 0.1) is 6.92 Å². The topological polar surface area (TPSA) is 97.4 Å². The monoisotopic (exact) mass is 543 g/mol. The molecule has 1 amide bonds. The summed E-state index contributed by atoms with van der Waals surface area (Å²) >= 11 is 0. The lowest BCUT2D eigenvalue weighted by Crippen LogP contribution is -2.11. The molecule has 2 heterocycles. The highest BCUT2D eigenvalue weighted by atomic mass is 16.4. The molecule has 0 unspecified atom stereocenters. The molecule has 7 nitrogen and oxygen atoms in total. The molecule has 0 saturated heterocycles. The Labute approximate surface area is 237 Å². The van der Waals surface area contributed by atoms with Crippen molar-refractivity contribution in [3.05, 3.63) is 114 Å². The van der Waals surface area contributed by atoms with Crippen LogP contribution in [0.15, 0.2) is 95.4 Å². The number of rotatable bonds is 8. The maximum absolute atomic E-state index is 13.1. The minimum atomic E-state index is -0.966. The second-order valence-electron chi connectivity index (χ2n) is 10.1. The first-order valence-electron chi connectivity index (χ1n) is 13.7. The number of hydrogen-bond donors (Lipinski definition) is 2. The number of furan rings is 1. The zero-order valence-electron chi connectivity index (χ0n) is 22.8. The fourth-order valence-electron chi connectivity index (χ4n) is 5.32. The van der Waals surface area contributed by atoms with E-state index in [0.717, 1.165) is 58.3 Å². The Morgan fingerprint density at radius 3 is 2.51 bits per heavy atom. The molecular weight excluding hydrogens is 514 g/mol. The largest absolute Gasteiger partial charge is 0.478 e. The summed E-state index contributed by atoms with van der Waals surface area (Å²) in [5.74, 6) is -0.147. The van der Waals surface area contributed by atoms with Gasteiger partial charge in [0.2, 0.25) is 0 Å². The minimum Gasteiger partial charge on any atom is -0.478 e. The number of unbranched alkanes of at least 4 members (excludes halogenated alkanes) is 1. The number of nitrogens with zero attached hydrogens (tertiary/aromatic N) is 2. The van der Waals surface area contributed by atoms with Gasteiger partial charge in [-0.05, 0) is 72.5 Å². The van der Waals surface area contributed by atoms with Gasteiger partial charge < -0.3 is 14.8 Å². The fraction of sp³-hybridized carbons (Fsp3) is 0.147. The molecule has 204 valence electrons. The Balaban J connectivity index is 1.45. The number of amides is 1. The quantitative estimate of drug-likeness (QED) is 0.202. The number of benzene rings is 4. The maximum atomic E-state index is 13.1. The molecule has 0 saturated carbocycles. The molecule has 0 radical (unpaired) electrons. The second-order valence-corrected chi connectivity index (χ2v) is 10.1. The van der Waals surface area contributed by atoms with Crippen molar-refractivity contribution in [3.63, 3.8) is 0 Å². The molecule has 0 bridgehead atoms. The predicted octanol–water partition coefficient (Wildman–Crippen LogP) is 8.04. The van der Waals surface area contributed by atoms with Crippen LogP contribution in [0.5, 0.6) is 0 Å². The van der Waals surface area contributed by atoms with Crippen molar-refractivity contribution in [2.24, 2.45) is 0 Å². The van der Waals surface area contributed by atoms with Gasteiger partial charge in [0.25, 0.3) is 5.91 Å². The van der Waals surface area contributed by atoms with E-state index >= 15 is 0 Å². The van der Waals surface area contributed by atoms with Crippen LogP contribution in [0.2, 0.25) is 0 Å². The number of hydrogen-bond acceptors (Lipinski definition) is 4. The van der Waals surface area contributed by atoms with Crippen LogP contribution in [0.4, 0.5) is 5.69 Å². The van der Waals surface area contributed by atoms with Gasteiger partial charge in [-0.25, -0.2) is 9.78 Å². The lowest BCUT2D eigenvalue weighted by Gasteiger charge is -2.17. The van der Waals surface area contributed by atoms with Crippen LogP contribution in [0.25, 0.3) is 38.8 Å². The van der Waals surface area contributed by atoms with Gasteiger partial charge >= 0.3 is 5.97 Å². The van der Waals surface area contributed by atoms with Gasteiger partial charge in [0.15, 0.2) is 5.76 Å². The van der Waals surface area contributed by atoms with Gasteiger partial charge in [0, 0.05) is 17.5 Å². The summed E-state index contributed by atoms with van der Waals surface area (Å²) in [7, 11) is 0. The van der Waals surface area contributed by atoms with Crippen molar-refractivity contribution in [2.75, 3.05) is 5.32 Å². The number of anilines is 1. The number of aromatic nitrogens is 2. The summed E-state index contributed by atoms with van der Waals surface area (Å²) < 4.78 is 7.89. The third-order valence-corrected chi connectivity index (χ3v) is 7.38. The number of carboxylic acids is 1. The zero-order chi connectivity index (χ0) is 28.5. The first kappa shape index (κ1) is 26.1. The van der Waals surface area contributed by atoms with E-state index < -0.39 is 5.97 Å². The molecule has 2 N–H and O–H groups in total. The summed E-state index contributed by atoms with van der Waals surface area (Å²) in [5, 5.41) is 13.7. The number of carbonyl (C=O) groups is 2. The zero-order valence-corrected chi connectivity index (χ0v) is 22.8. The molecule has 6 rings (SSSR count). The van der Waals surface area contributed by atoms with E-state index in [1.807, 2.05) is 79.7 Å². The van der Waals surface area contributed by atoms with Crippen molar-refractivity contribution in [2.45, 2.75) is 33.1 Å². The second kappa shape index (κ2) is 10.8. The Morgan fingerprint density at radius 1 is 0.927 bits per heavy atom. The van der Waals surface area contributed by atoms with Crippen LogP contribution in [-0.2, 0) is 6.42 Å². The molecular formula is C34H29N3O4. The summed E-state index contributed by atoms with van der Waals surface area (Å²) in [6.07, 6.45) is 2.77. The third-order valence-electron chi connectivity index (χ3n) is 7.38. The Hall–Kier alpha value is -5.17. The van der Waals surface area contributed by atoms with Gasteiger partial charge in [-0.15, -0.1) is 0 Å². The van der Waals surface area contributed by atoms with Crippen molar-refractivity contribution in [1.82, 2.24) is 9.55 Å². The SMILES string of the molecule is CCCCc1nc2ccc(NC(=O)c3cc4ccccc4o3)cc2n1-c1cccc(-c2ccccc2C(=O)O)c1C. The van der Waals surface area contributed by atoms with Crippen LogP contribution >= 0.6 is 0 Å². The Bertz CT molecular complexity index is 1900. The molecule has 0 aliphatic heterocycles. The van der Waals surface area contributed by atoms with Crippen molar-refractivity contribution in [3.8, 4) is 16.8 Å². The lowest BCUT2D eigenvalue weighted by atomic mass is 9.95. The number of carboxylic acid groups (broad SMARTS) is 1. The summed E-state index contributed by atoms with van der Waals surface area (Å²) in [6, 6.07) is 27.9. The number of imidazole rings is 1. The summed E-state index contributed by atoms with van der Waals surface area (Å²) in [6.45, 7) is 4.15. The molecule has 0 aliphatic carbocycles. The van der Waals surface area contributed by atoms with Crippen LogP contribution in [0.3, 0.4) is 0 Å². The number of nitrogens with one attached hydrogen (secondary N) is 1. The third kappa shape index (κ3) is 4.87. The van der Waals surface area contributed by atoms with Gasteiger partial charge in [0.1, 0.15) is 11.4 Å². The highest BCUT2D eigenvalue weighted by Crippen LogP contribution is 2.34. The molecule has 4 aromatic carbocycles. The molecule has 0 atom stereocenters. The van der Waals surface area contributed by atoms with Gasteiger partial charge in [-0.3, -0.25) is 9.36 Å². The van der Waals surface area contributed by atoms with Crippen molar-refractivity contribution in [1.29, 1.82) is 0 Å². The molecule has 0 fully saturated rings. The standard InChI is InChI=1S/C34H29N3O4/c1-3-4-16-32-36-27-18-17-23(35-33(38)31-19-22-10-5-8-15-30(22)41-31)20-29(27)37(32)28-14-9-13-24(21(28)2)25-11-6-7-12-26(25)34(39)40/h5-15,17-20H,3-4,16H2,1-2H3,(H,35,38)(H,39,40). The molecule has 0 spiro atoms.